The van der Waals surface area contributed by atoms with Crippen molar-refractivity contribution in [3.63, 3.8) is 0 Å². The van der Waals surface area contributed by atoms with Gasteiger partial charge in [-0.05, 0) is 19.1 Å². The van der Waals surface area contributed by atoms with E-state index in [-0.39, 0.29) is 6.04 Å². The quantitative estimate of drug-likeness (QED) is 0.893. The molecule has 0 saturated heterocycles. The first kappa shape index (κ1) is 13.4. The van der Waals surface area contributed by atoms with E-state index in [1.54, 1.807) is 7.11 Å². The monoisotopic (exact) mass is 257 g/mol. The van der Waals surface area contributed by atoms with Crippen molar-refractivity contribution in [2.45, 2.75) is 19.6 Å². The molecule has 0 bridgehead atoms. The van der Waals surface area contributed by atoms with Crippen molar-refractivity contribution in [1.29, 1.82) is 0 Å². The molecule has 0 unspecified atom stereocenters. The molecule has 0 radical (unpaired) electrons. The first-order valence-electron chi connectivity index (χ1n) is 6.31. The lowest BCUT2D eigenvalue weighted by atomic mass is 10.1. The molecule has 3 heteroatoms. The van der Waals surface area contributed by atoms with E-state index >= 15 is 0 Å². The summed E-state index contributed by atoms with van der Waals surface area (Å²) in [6, 6.07) is 15.6. The summed E-state index contributed by atoms with van der Waals surface area (Å²) in [6.45, 7) is 2.42. The summed E-state index contributed by atoms with van der Waals surface area (Å²) in [7, 11) is 1.66. The predicted octanol–water partition coefficient (Wildman–Crippen LogP) is 3.29. The molecular formula is C16H19NO2. The van der Waals surface area contributed by atoms with Gasteiger partial charge >= 0.3 is 0 Å². The van der Waals surface area contributed by atoms with Gasteiger partial charge in [-0.3, -0.25) is 0 Å². The van der Waals surface area contributed by atoms with Crippen LogP contribution in [0.25, 0.3) is 0 Å². The van der Waals surface area contributed by atoms with Crippen LogP contribution in [0.2, 0.25) is 0 Å². The van der Waals surface area contributed by atoms with Gasteiger partial charge in [-0.25, -0.2) is 0 Å². The van der Waals surface area contributed by atoms with Crippen LogP contribution in [0.1, 0.15) is 24.1 Å². The van der Waals surface area contributed by atoms with Gasteiger partial charge in [-0.2, -0.15) is 0 Å². The second kappa shape index (κ2) is 6.25. The fourth-order valence-corrected chi connectivity index (χ4v) is 1.97. The Morgan fingerprint density at radius 3 is 2.32 bits per heavy atom. The second-order valence-corrected chi connectivity index (χ2v) is 4.43. The van der Waals surface area contributed by atoms with Gasteiger partial charge in [0.1, 0.15) is 18.1 Å². The number of hydrogen-bond donors (Lipinski definition) is 1. The molecule has 0 saturated carbocycles. The largest absolute Gasteiger partial charge is 0.496 e. The molecule has 0 aliphatic rings. The molecule has 0 amide bonds. The molecule has 1 atom stereocenters. The minimum Gasteiger partial charge on any atom is -0.496 e. The number of ether oxygens (including phenoxy) is 2. The third kappa shape index (κ3) is 3.26. The molecule has 19 heavy (non-hydrogen) atoms. The van der Waals surface area contributed by atoms with Crippen molar-refractivity contribution in [1.82, 2.24) is 0 Å². The van der Waals surface area contributed by atoms with E-state index < -0.39 is 0 Å². The number of nitrogens with two attached hydrogens (primary N) is 1. The van der Waals surface area contributed by atoms with E-state index in [0.29, 0.717) is 6.61 Å². The van der Waals surface area contributed by atoms with E-state index in [2.05, 4.69) is 0 Å². The van der Waals surface area contributed by atoms with Crippen LogP contribution in [0.15, 0.2) is 48.5 Å². The van der Waals surface area contributed by atoms with E-state index in [9.17, 15) is 0 Å². The summed E-state index contributed by atoms with van der Waals surface area (Å²) in [4.78, 5) is 0. The Morgan fingerprint density at radius 2 is 1.63 bits per heavy atom. The number of hydrogen-bond acceptors (Lipinski definition) is 3. The van der Waals surface area contributed by atoms with Crippen LogP contribution in [0.5, 0.6) is 11.5 Å². The normalized spacial score (nSPS) is 11.9. The fraction of sp³-hybridized carbons (Fsp3) is 0.250. The summed E-state index contributed by atoms with van der Waals surface area (Å²) in [5.41, 5.74) is 7.96. The molecule has 2 aromatic carbocycles. The van der Waals surface area contributed by atoms with Crippen molar-refractivity contribution < 1.29 is 9.47 Å². The van der Waals surface area contributed by atoms with Crippen molar-refractivity contribution in [2.24, 2.45) is 5.73 Å². The maximum absolute atomic E-state index is 5.93. The Labute approximate surface area is 114 Å². The highest BCUT2D eigenvalue weighted by molar-refractivity contribution is 5.37. The van der Waals surface area contributed by atoms with E-state index in [1.165, 1.54) is 0 Å². The minimum absolute atomic E-state index is 0.0473. The molecule has 2 N–H and O–H groups in total. The Bertz CT molecular complexity index is 538. The van der Waals surface area contributed by atoms with Crippen LogP contribution in [0.4, 0.5) is 0 Å². The van der Waals surface area contributed by atoms with E-state index in [4.69, 9.17) is 15.2 Å². The van der Waals surface area contributed by atoms with Crippen LogP contribution in [-0.4, -0.2) is 7.11 Å². The van der Waals surface area contributed by atoms with Crippen LogP contribution in [0, 0.1) is 0 Å². The molecule has 0 heterocycles. The van der Waals surface area contributed by atoms with E-state index in [0.717, 1.165) is 22.6 Å². The Hall–Kier alpha value is -2.00. The van der Waals surface area contributed by atoms with Crippen molar-refractivity contribution in [3.8, 4) is 11.5 Å². The maximum Gasteiger partial charge on any atom is 0.125 e. The Morgan fingerprint density at radius 1 is 1.00 bits per heavy atom. The molecule has 0 aliphatic heterocycles. The number of para-hydroxylation sites is 2. The summed E-state index contributed by atoms with van der Waals surface area (Å²) >= 11 is 0. The third-order valence-corrected chi connectivity index (χ3v) is 2.99. The number of rotatable bonds is 5. The molecule has 0 aromatic heterocycles. The van der Waals surface area contributed by atoms with Gasteiger partial charge in [0, 0.05) is 17.2 Å². The van der Waals surface area contributed by atoms with Gasteiger partial charge in [-0.15, -0.1) is 0 Å². The van der Waals surface area contributed by atoms with Gasteiger partial charge in [0.2, 0.25) is 0 Å². The average Bonchev–Trinajstić information content (AvgIpc) is 2.45. The molecular weight excluding hydrogens is 238 g/mol. The van der Waals surface area contributed by atoms with Gasteiger partial charge in [0.05, 0.1) is 7.11 Å². The number of methoxy groups -OCH3 is 1. The summed E-state index contributed by atoms with van der Waals surface area (Å²) in [6.07, 6.45) is 0. The topological polar surface area (TPSA) is 44.5 Å². The van der Waals surface area contributed by atoms with Crippen LogP contribution < -0.4 is 15.2 Å². The summed E-state index contributed by atoms with van der Waals surface area (Å²) in [5, 5.41) is 0. The first-order chi connectivity index (χ1) is 9.22. The van der Waals surface area contributed by atoms with Crippen molar-refractivity contribution in [2.75, 3.05) is 7.11 Å². The lowest BCUT2D eigenvalue weighted by molar-refractivity contribution is 0.292. The van der Waals surface area contributed by atoms with Gasteiger partial charge in [-0.1, -0.05) is 36.4 Å². The van der Waals surface area contributed by atoms with Gasteiger partial charge in [0.15, 0.2) is 0 Å². The van der Waals surface area contributed by atoms with Gasteiger partial charge < -0.3 is 15.2 Å². The lowest BCUT2D eigenvalue weighted by Gasteiger charge is -2.15. The highest BCUT2D eigenvalue weighted by Crippen LogP contribution is 2.25. The Kier molecular flexibility index (Phi) is 4.42. The minimum atomic E-state index is -0.0473. The first-order valence-corrected chi connectivity index (χ1v) is 6.31. The average molecular weight is 257 g/mol. The molecule has 0 spiro atoms. The summed E-state index contributed by atoms with van der Waals surface area (Å²) in [5.74, 6) is 1.66. The predicted molar refractivity (Wildman–Crippen MR) is 76.4 cm³/mol. The molecule has 100 valence electrons. The lowest BCUT2D eigenvalue weighted by Crippen LogP contribution is -2.08. The molecule has 2 aromatic rings. The van der Waals surface area contributed by atoms with Crippen LogP contribution in [-0.2, 0) is 6.61 Å². The summed E-state index contributed by atoms with van der Waals surface area (Å²) < 4.78 is 11.2. The van der Waals surface area contributed by atoms with Crippen LogP contribution >= 0.6 is 0 Å². The number of benzene rings is 2. The van der Waals surface area contributed by atoms with Crippen molar-refractivity contribution in [3.05, 3.63) is 59.7 Å². The standard InChI is InChI=1S/C16H19NO2/c1-12(17)14-8-4-6-10-16(14)19-11-13-7-3-5-9-15(13)18-2/h3-10,12H,11,17H2,1-2H3/t12-/m0/s1. The Balaban J connectivity index is 2.15. The SMILES string of the molecule is COc1ccccc1COc1ccccc1[C@H](C)N. The smallest absolute Gasteiger partial charge is 0.125 e. The molecule has 2 rings (SSSR count). The van der Waals surface area contributed by atoms with Crippen molar-refractivity contribution >= 4 is 0 Å². The fourth-order valence-electron chi connectivity index (χ4n) is 1.97. The molecule has 3 nitrogen and oxygen atoms in total. The highest BCUT2D eigenvalue weighted by Gasteiger charge is 2.08. The second-order valence-electron chi connectivity index (χ2n) is 4.43. The third-order valence-electron chi connectivity index (χ3n) is 2.99. The van der Waals surface area contributed by atoms with E-state index in [1.807, 2.05) is 55.5 Å². The van der Waals surface area contributed by atoms with Crippen LogP contribution in [0.3, 0.4) is 0 Å². The zero-order valence-corrected chi connectivity index (χ0v) is 11.3. The highest BCUT2D eigenvalue weighted by atomic mass is 16.5. The maximum atomic E-state index is 5.93. The molecule has 0 fully saturated rings. The van der Waals surface area contributed by atoms with Gasteiger partial charge in [0.25, 0.3) is 0 Å². The zero-order chi connectivity index (χ0) is 13.7. The molecule has 0 aliphatic carbocycles. The zero-order valence-electron chi connectivity index (χ0n) is 11.3.